The third-order valence-electron chi connectivity index (χ3n) is 2.54. The Morgan fingerprint density at radius 1 is 1.37 bits per heavy atom. The molecule has 0 aliphatic carbocycles. The lowest BCUT2D eigenvalue weighted by Crippen LogP contribution is -2.16. The SMILES string of the molecule is Cc1cc(N(C)Cc2nc(C(F)(F)F)cs2)ccn1. The van der Waals surface area contributed by atoms with Gasteiger partial charge in [-0.25, -0.2) is 4.98 Å². The molecule has 2 aromatic heterocycles. The van der Waals surface area contributed by atoms with Crippen molar-refractivity contribution in [3.8, 4) is 0 Å². The van der Waals surface area contributed by atoms with E-state index in [2.05, 4.69) is 9.97 Å². The van der Waals surface area contributed by atoms with Gasteiger partial charge in [-0.3, -0.25) is 4.98 Å². The first-order chi connectivity index (χ1) is 8.86. The maximum absolute atomic E-state index is 12.4. The Bertz CT molecular complexity index is 565. The molecule has 2 rings (SSSR count). The summed E-state index contributed by atoms with van der Waals surface area (Å²) in [6, 6.07) is 3.68. The number of rotatable bonds is 3. The summed E-state index contributed by atoms with van der Waals surface area (Å²) in [5.41, 5.74) is 0.933. The molecule has 0 bridgehead atoms. The summed E-state index contributed by atoms with van der Waals surface area (Å²) in [6.07, 6.45) is -2.70. The van der Waals surface area contributed by atoms with Gasteiger partial charge in [0.25, 0.3) is 0 Å². The van der Waals surface area contributed by atoms with Gasteiger partial charge in [0.2, 0.25) is 0 Å². The summed E-state index contributed by atoms with van der Waals surface area (Å²) < 4.78 is 37.3. The molecule has 0 atom stereocenters. The molecule has 0 amide bonds. The smallest absolute Gasteiger partial charge is 0.368 e. The maximum Gasteiger partial charge on any atom is 0.434 e. The van der Waals surface area contributed by atoms with Crippen molar-refractivity contribution in [3.05, 3.63) is 40.1 Å². The van der Waals surface area contributed by atoms with E-state index in [9.17, 15) is 13.2 Å². The van der Waals surface area contributed by atoms with Gasteiger partial charge in [0, 0.05) is 30.0 Å². The van der Waals surface area contributed by atoms with E-state index in [0.717, 1.165) is 28.1 Å². The lowest BCUT2D eigenvalue weighted by molar-refractivity contribution is -0.140. The van der Waals surface area contributed by atoms with Crippen LogP contribution in [-0.2, 0) is 12.7 Å². The van der Waals surface area contributed by atoms with Crippen LogP contribution in [-0.4, -0.2) is 17.0 Å². The Kier molecular flexibility index (Phi) is 3.75. The summed E-state index contributed by atoms with van der Waals surface area (Å²) in [6.45, 7) is 2.20. The van der Waals surface area contributed by atoms with Crippen LogP contribution in [0.4, 0.5) is 18.9 Å². The average Bonchev–Trinajstić information content (AvgIpc) is 2.77. The molecule has 0 spiro atoms. The number of hydrogen-bond donors (Lipinski definition) is 0. The topological polar surface area (TPSA) is 29.0 Å². The molecule has 0 radical (unpaired) electrons. The molecule has 3 nitrogen and oxygen atoms in total. The normalized spacial score (nSPS) is 11.6. The number of anilines is 1. The minimum atomic E-state index is -4.37. The van der Waals surface area contributed by atoms with Gasteiger partial charge >= 0.3 is 6.18 Å². The van der Waals surface area contributed by atoms with E-state index < -0.39 is 11.9 Å². The summed E-state index contributed by atoms with van der Waals surface area (Å²) >= 11 is 1.02. The van der Waals surface area contributed by atoms with Crippen LogP contribution < -0.4 is 4.90 Å². The summed E-state index contributed by atoms with van der Waals surface area (Å²) in [5.74, 6) is 0. The van der Waals surface area contributed by atoms with Crippen molar-refractivity contribution in [1.82, 2.24) is 9.97 Å². The fraction of sp³-hybridized carbons (Fsp3) is 0.333. The highest BCUT2D eigenvalue weighted by Gasteiger charge is 2.33. The third-order valence-corrected chi connectivity index (χ3v) is 3.37. The Labute approximate surface area is 112 Å². The largest absolute Gasteiger partial charge is 0.434 e. The third kappa shape index (κ3) is 3.44. The fourth-order valence-corrected chi connectivity index (χ4v) is 2.43. The second-order valence-corrected chi connectivity index (χ2v) is 5.08. The molecule has 0 saturated carbocycles. The average molecular weight is 287 g/mol. The minimum absolute atomic E-state index is 0.337. The van der Waals surface area contributed by atoms with E-state index in [1.807, 2.05) is 31.0 Å². The summed E-state index contributed by atoms with van der Waals surface area (Å²) in [7, 11) is 1.81. The zero-order valence-electron chi connectivity index (χ0n) is 10.4. The zero-order chi connectivity index (χ0) is 14.0. The van der Waals surface area contributed by atoms with Crippen LogP contribution in [0.15, 0.2) is 23.7 Å². The van der Waals surface area contributed by atoms with Crippen LogP contribution >= 0.6 is 11.3 Å². The van der Waals surface area contributed by atoms with Crippen LogP contribution in [0, 0.1) is 6.92 Å². The van der Waals surface area contributed by atoms with Gasteiger partial charge in [-0.15, -0.1) is 11.3 Å². The number of pyridine rings is 1. The van der Waals surface area contributed by atoms with Crippen molar-refractivity contribution in [1.29, 1.82) is 0 Å². The predicted octanol–water partition coefficient (Wildman–Crippen LogP) is 3.50. The number of thiazole rings is 1. The molecule has 102 valence electrons. The highest BCUT2D eigenvalue weighted by molar-refractivity contribution is 7.09. The summed E-state index contributed by atoms with van der Waals surface area (Å²) in [4.78, 5) is 9.52. The first kappa shape index (κ1) is 13.8. The van der Waals surface area contributed by atoms with Gasteiger partial charge in [-0.2, -0.15) is 13.2 Å². The number of alkyl halides is 3. The van der Waals surface area contributed by atoms with E-state index in [4.69, 9.17) is 0 Å². The number of aromatic nitrogens is 2. The molecule has 0 aromatic carbocycles. The van der Waals surface area contributed by atoms with Crippen LogP contribution in [0.2, 0.25) is 0 Å². The standard InChI is InChI=1S/C12H12F3N3S/c1-8-5-9(3-4-16-8)18(2)6-11-17-10(7-19-11)12(13,14)15/h3-5,7H,6H2,1-2H3. The summed E-state index contributed by atoms with van der Waals surface area (Å²) in [5, 5.41) is 1.48. The fourth-order valence-electron chi connectivity index (χ4n) is 1.58. The molecular weight excluding hydrogens is 275 g/mol. The van der Waals surface area contributed by atoms with Crippen LogP contribution in [0.25, 0.3) is 0 Å². The molecule has 0 aliphatic heterocycles. The second kappa shape index (κ2) is 5.16. The highest BCUT2D eigenvalue weighted by atomic mass is 32.1. The molecule has 7 heteroatoms. The zero-order valence-corrected chi connectivity index (χ0v) is 11.2. The highest BCUT2D eigenvalue weighted by Crippen LogP contribution is 2.30. The van der Waals surface area contributed by atoms with Gasteiger partial charge in [0.15, 0.2) is 5.69 Å². The Morgan fingerprint density at radius 3 is 2.68 bits per heavy atom. The predicted molar refractivity (Wildman–Crippen MR) is 68.2 cm³/mol. The molecule has 19 heavy (non-hydrogen) atoms. The number of halogens is 3. The van der Waals surface area contributed by atoms with E-state index >= 15 is 0 Å². The Morgan fingerprint density at radius 2 is 2.11 bits per heavy atom. The molecule has 2 heterocycles. The van der Waals surface area contributed by atoms with Crippen molar-refractivity contribution in [3.63, 3.8) is 0 Å². The number of hydrogen-bond acceptors (Lipinski definition) is 4. The molecule has 0 N–H and O–H groups in total. The van der Waals surface area contributed by atoms with Crippen LogP contribution in [0.5, 0.6) is 0 Å². The molecule has 0 fully saturated rings. The molecule has 0 saturated heterocycles. The monoisotopic (exact) mass is 287 g/mol. The first-order valence-corrected chi connectivity index (χ1v) is 6.39. The van der Waals surface area contributed by atoms with Crippen molar-refractivity contribution in [2.75, 3.05) is 11.9 Å². The van der Waals surface area contributed by atoms with Gasteiger partial charge in [0.05, 0.1) is 6.54 Å². The first-order valence-electron chi connectivity index (χ1n) is 5.51. The van der Waals surface area contributed by atoms with E-state index in [0.29, 0.717) is 11.6 Å². The maximum atomic E-state index is 12.4. The Hall–Kier alpha value is -1.63. The van der Waals surface area contributed by atoms with E-state index in [-0.39, 0.29) is 0 Å². The van der Waals surface area contributed by atoms with Gasteiger partial charge in [-0.1, -0.05) is 0 Å². The number of aryl methyl sites for hydroxylation is 1. The van der Waals surface area contributed by atoms with Gasteiger partial charge in [-0.05, 0) is 19.1 Å². The second-order valence-electron chi connectivity index (χ2n) is 4.14. The van der Waals surface area contributed by atoms with Crippen molar-refractivity contribution in [2.45, 2.75) is 19.6 Å². The molecular formula is C12H12F3N3S. The van der Waals surface area contributed by atoms with E-state index in [1.165, 1.54) is 0 Å². The van der Waals surface area contributed by atoms with Crippen LogP contribution in [0.3, 0.4) is 0 Å². The number of nitrogens with zero attached hydrogens (tertiary/aromatic N) is 3. The van der Waals surface area contributed by atoms with Crippen molar-refractivity contribution in [2.24, 2.45) is 0 Å². The Balaban J connectivity index is 2.11. The van der Waals surface area contributed by atoms with E-state index in [1.54, 1.807) is 6.20 Å². The van der Waals surface area contributed by atoms with Gasteiger partial charge < -0.3 is 4.90 Å². The van der Waals surface area contributed by atoms with Crippen molar-refractivity contribution >= 4 is 17.0 Å². The quantitative estimate of drug-likeness (QED) is 0.865. The van der Waals surface area contributed by atoms with Crippen LogP contribution in [0.1, 0.15) is 16.4 Å². The molecule has 2 aromatic rings. The minimum Gasteiger partial charge on any atom is -0.368 e. The van der Waals surface area contributed by atoms with Crippen molar-refractivity contribution < 1.29 is 13.2 Å². The van der Waals surface area contributed by atoms with Gasteiger partial charge in [0.1, 0.15) is 5.01 Å². The molecule has 0 unspecified atom stereocenters. The lowest BCUT2D eigenvalue weighted by atomic mass is 10.3. The lowest BCUT2D eigenvalue weighted by Gasteiger charge is -2.17. The molecule has 0 aliphatic rings.